The van der Waals surface area contributed by atoms with Crippen molar-refractivity contribution in [3.8, 4) is 0 Å². The second kappa shape index (κ2) is 9.01. The van der Waals surface area contributed by atoms with Gasteiger partial charge in [0.15, 0.2) is 5.65 Å². The van der Waals surface area contributed by atoms with Crippen LogP contribution in [0.4, 0.5) is 11.8 Å². The zero-order chi connectivity index (χ0) is 21.2. The van der Waals surface area contributed by atoms with Crippen LogP contribution >= 0.6 is 11.6 Å². The van der Waals surface area contributed by atoms with Crippen molar-refractivity contribution in [3.63, 3.8) is 0 Å². The van der Waals surface area contributed by atoms with E-state index in [1.807, 2.05) is 42.2 Å². The lowest BCUT2D eigenvalue weighted by atomic mass is 10.0. The zero-order valence-corrected chi connectivity index (χ0v) is 18.9. The Morgan fingerprint density at radius 1 is 1.00 bits per heavy atom. The minimum atomic E-state index is 0.675. The van der Waals surface area contributed by atoms with Gasteiger partial charge in [-0.1, -0.05) is 30.2 Å². The van der Waals surface area contributed by atoms with E-state index < -0.39 is 0 Å². The summed E-state index contributed by atoms with van der Waals surface area (Å²) in [7, 11) is 1.94. The molecule has 4 heterocycles. The molecule has 0 amide bonds. The molecule has 0 spiro atoms. The second-order valence-corrected chi connectivity index (χ2v) is 9.11. The molecular formula is C23H30ClN7. The number of anilines is 2. The highest BCUT2D eigenvalue weighted by Crippen LogP contribution is 2.27. The van der Waals surface area contributed by atoms with Gasteiger partial charge in [-0.05, 0) is 56.5 Å². The van der Waals surface area contributed by atoms with E-state index in [4.69, 9.17) is 21.6 Å². The number of nitrogens with zero attached hydrogens (tertiary/aromatic N) is 6. The molecule has 8 heteroatoms. The lowest BCUT2D eigenvalue weighted by Crippen LogP contribution is -2.47. The van der Waals surface area contributed by atoms with Crippen LogP contribution in [0.25, 0.3) is 11.0 Å². The summed E-state index contributed by atoms with van der Waals surface area (Å²) in [4.78, 5) is 14.8. The Labute approximate surface area is 188 Å². The van der Waals surface area contributed by atoms with Crippen LogP contribution in [0.15, 0.2) is 30.5 Å². The number of halogens is 1. The minimum Gasteiger partial charge on any atom is -0.365 e. The van der Waals surface area contributed by atoms with Crippen LogP contribution in [0, 0.1) is 0 Å². The van der Waals surface area contributed by atoms with Gasteiger partial charge < -0.3 is 15.1 Å². The Morgan fingerprint density at radius 3 is 2.48 bits per heavy atom. The molecule has 5 rings (SSSR count). The third kappa shape index (κ3) is 4.48. The number of piperidine rings is 2. The van der Waals surface area contributed by atoms with Gasteiger partial charge in [0.05, 0.1) is 11.6 Å². The Hall–Kier alpha value is -2.38. The highest BCUT2D eigenvalue weighted by Gasteiger charge is 2.27. The molecule has 0 unspecified atom stereocenters. The highest BCUT2D eigenvalue weighted by molar-refractivity contribution is 6.30. The number of rotatable bonds is 5. The van der Waals surface area contributed by atoms with Gasteiger partial charge >= 0.3 is 0 Å². The van der Waals surface area contributed by atoms with Crippen LogP contribution in [-0.4, -0.2) is 56.9 Å². The lowest BCUT2D eigenvalue weighted by Gasteiger charge is -2.40. The van der Waals surface area contributed by atoms with Crippen LogP contribution in [-0.2, 0) is 13.6 Å². The fourth-order valence-electron chi connectivity index (χ4n) is 4.79. The summed E-state index contributed by atoms with van der Waals surface area (Å²) < 4.78 is 1.83. The molecule has 2 aromatic heterocycles. The Bertz CT molecular complexity index is 1020. The molecule has 2 saturated heterocycles. The van der Waals surface area contributed by atoms with Crippen molar-refractivity contribution >= 4 is 34.4 Å². The number of hydrogen-bond donors (Lipinski definition) is 1. The predicted molar refractivity (Wildman–Crippen MR) is 126 cm³/mol. The normalized spacial score (nSPS) is 18.6. The van der Waals surface area contributed by atoms with Crippen molar-refractivity contribution < 1.29 is 0 Å². The molecule has 1 N–H and O–H groups in total. The number of likely N-dealkylation sites (tertiary alicyclic amines) is 1. The summed E-state index contributed by atoms with van der Waals surface area (Å²) in [6, 6.07) is 8.60. The molecule has 3 aromatic rings. The highest BCUT2D eigenvalue weighted by atomic mass is 35.5. The average Bonchev–Trinajstić information content (AvgIpc) is 3.20. The molecule has 0 atom stereocenters. The number of hydrogen-bond acceptors (Lipinski definition) is 6. The summed E-state index contributed by atoms with van der Waals surface area (Å²) in [5.41, 5.74) is 2.02. The number of nitrogens with one attached hydrogen (secondary N) is 1. The van der Waals surface area contributed by atoms with Crippen LogP contribution in [0.2, 0.25) is 5.02 Å². The number of aromatic nitrogens is 4. The third-order valence-corrected chi connectivity index (χ3v) is 6.86. The molecule has 0 aliphatic carbocycles. The first-order valence-electron chi connectivity index (χ1n) is 11.3. The van der Waals surface area contributed by atoms with Gasteiger partial charge in [0.2, 0.25) is 5.95 Å². The van der Waals surface area contributed by atoms with Gasteiger partial charge in [0.1, 0.15) is 5.82 Å². The van der Waals surface area contributed by atoms with E-state index in [1.165, 1.54) is 45.2 Å². The number of benzene rings is 1. The molecule has 0 radical (unpaired) electrons. The molecule has 7 nitrogen and oxygen atoms in total. The maximum absolute atomic E-state index is 6.02. The smallest absolute Gasteiger partial charge is 0.229 e. The Morgan fingerprint density at radius 2 is 1.74 bits per heavy atom. The zero-order valence-electron chi connectivity index (χ0n) is 18.1. The van der Waals surface area contributed by atoms with E-state index in [2.05, 4.69) is 20.2 Å². The second-order valence-electron chi connectivity index (χ2n) is 8.67. The molecule has 164 valence electrons. The van der Waals surface area contributed by atoms with E-state index in [1.54, 1.807) is 0 Å². The number of fused-ring (bicyclic) bond motifs is 1. The van der Waals surface area contributed by atoms with E-state index in [0.717, 1.165) is 46.5 Å². The fraction of sp³-hybridized carbons (Fsp3) is 0.522. The standard InChI is InChI=1S/C23H30ClN7/c1-29-22-20(16-26-29)21(25-15-17-5-7-18(24)8-6-17)27-23(28-22)31-13-9-19(10-14-31)30-11-3-2-4-12-30/h5-8,16,19H,2-4,9-15H2,1H3,(H,25,27,28). The maximum Gasteiger partial charge on any atom is 0.229 e. The summed E-state index contributed by atoms with van der Waals surface area (Å²) >= 11 is 6.02. The molecule has 0 saturated carbocycles. The quantitative estimate of drug-likeness (QED) is 0.646. The van der Waals surface area contributed by atoms with Gasteiger partial charge in [-0.3, -0.25) is 4.68 Å². The monoisotopic (exact) mass is 439 g/mol. The van der Waals surface area contributed by atoms with Gasteiger partial charge in [0, 0.05) is 37.7 Å². The van der Waals surface area contributed by atoms with E-state index in [9.17, 15) is 0 Å². The molecular weight excluding hydrogens is 410 g/mol. The van der Waals surface area contributed by atoms with E-state index in [-0.39, 0.29) is 0 Å². The lowest BCUT2D eigenvalue weighted by molar-refractivity contribution is 0.141. The summed E-state index contributed by atoms with van der Waals surface area (Å²) in [6.07, 6.45) is 8.29. The minimum absolute atomic E-state index is 0.675. The average molecular weight is 440 g/mol. The first-order valence-corrected chi connectivity index (χ1v) is 11.7. The van der Waals surface area contributed by atoms with Crippen molar-refractivity contribution in [1.82, 2.24) is 24.6 Å². The molecule has 31 heavy (non-hydrogen) atoms. The SMILES string of the molecule is Cn1ncc2c(NCc3ccc(Cl)cc3)nc(N3CCC(N4CCCCC4)CC3)nc21. The van der Waals surface area contributed by atoms with Crippen LogP contribution in [0.1, 0.15) is 37.7 Å². The van der Waals surface area contributed by atoms with Crippen molar-refractivity contribution in [2.45, 2.75) is 44.7 Å². The molecule has 1 aromatic carbocycles. The Balaban J connectivity index is 1.33. The van der Waals surface area contributed by atoms with Crippen LogP contribution < -0.4 is 10.2 Å². The first-order chi connectivity index (χ1) is 15.2. The van der Waals surface area contributed by atoms with Crippen molar-refractivity contribution in [2.24, 2.45) is 7.05 Å². The summed E-state index contributed by atoms with van der Waals surface area (Å²) in [6.45, 7) is 5.21. The van der Waals surface area contributed by atoms with Gasteiger partial charge in [-0.15, -0.1) is 0 Å². The maximum atomic E-state index is 6.02. The summed E-state index contributed by atoms with van der Waals surface area (Å²) in [5, 5.41) is 9.60. The molecule has 2 aliphatic rings. The fourth-order valence-corrected chi connectivity index (χ4v) is 4.92. The van der Waals surface area contributed by atoms with Crippen LogP contribution in [0.5, 0.6) is 0 Å². The predicted octanol–water partition coefficient (Wildman–Crippen LogP) is 4.08. The summed E-state index contributed by atoms with van der Waals surface area (Å²) in [5.74, 6) is 1.63. The van der Waals surface area contributed by atoms with Crippen molar-refractivity contribution in [3.05, 3.63) is 41.0 Å². The first kappa shape index (κ1) is 20.5. The third-order valence-electron chi connectivity index (χ3n) is 6.61. The largest absolute Gasteiger partial charge is 0.365 e. The van der Waals surface area contributed by atoms with Crippen molar-refractivity contribution in [2.75, 3.05) is 36.4 Å². The van der Waals surface area contributed by atoms with Crippen molar-refractivity contribution in [1.29, 1.82) is 0 Å². The van der Waals surface area contributed by atoms with E-state index in [0.29, 0.717) is 12.6 Å². The topological polar surface area (TPSA) is 62.1 Å². The molecule has 2 fully saturated rings. The molecule has 2 aliphatic heterocycles. The number of aryl methyl sites for hydroxylation is 1. The van der Waals surface area contributed by atoms with E-state index >= 15 is 0 Å². The Kier molecular flexibility index (Phi) is 5.96. The van der Waals surface area contributed by atoms with Gasteiger partial charge in [0.25, 0.3) is 0 Å². The van der Waals surface area contributed by atoms with Gasteiger partial charge in [-0.2, -0.15) is 15.1 Å². The molecule has 0 bridgehead atoms. The van der Waals surface area contributed by atoms with Gasteiger partial charge in [-0.25, -0.2) is 0 Å². The van der Waals surface area contributed by atoms with Crippen LogP contribution in [0.3, 0.4) is 0 Å².